The molecule has 0 saturated heterocycles. The van der Waals surface area contributed by atoms with Crippen LogP contribution < -0.4 is 20.2 Å². The molecule has 0 spiro atoms. The number of halogens is 2. The molecule has 0 radical (unpaired) electrons. The van der Waals surface area contributed by atoms with Gasteiger partial charge in [-0.05, 0) is 48.0 Å². The van der Waals surface area contributed by atoms with E-state index in [1.807, 2.05) is 0 Å². The van der Waals surface area contributed by atoms with Crippen molar-refractivity contribution < 1.29 is 19.1 Å². The van der Waals surface area contributed by atoms with Crippen molar-refractivity contribution in [3.05, 3.63) is 58.1 Å². The largest absolute Gasteiger partial charge is 0.497 e. The fourth-order valence-electron chi connectivity index (χ4n) is 1.87. The number of nitrogens with one attached hydrogen (secondary N) is 2. The number of ether oxygens (including phenoxy) is 2. The quantitative estimate of drug-likeness (QED) is 0.517. The molecule has 0 aliphatic heterocycles. The molecule has 2 amide bonds. The van der Waals surface area contributed by atoms with Gasteiger partial charge in [-0.2, -0.15) is 5.10 Å². The van der Waals surface area contributed by atoms with Gasteiger partial charge in [-0.3, -0.25) is 9.59 Å². The number of nitrogens with zero attached hydrogens (tertiary/aromatic N) is 1. The van der Waals surface area contributed by atoms with Crippen LogP contribution in [-0.4, -0.2) is 38.3 Å². The van der Waals surface area contributed by atoms with Crippen molar-refractivity contribution in [2.45, 2.75) is 0 Å². The molecule has 2 N–H and O–H groups in total. The van der Waals surface area contributed by atoms with Crippen LogP contribution in [0.15, 0.2) is 47.6 Å². The highest BCUT2D eigenvalue weighted by Gasteiger charge is 2.08. The number of hydrogen-bond donors (Lipinski definition) is 2. The van der Waals surface area contributed by atoms with Crippen LogP contribution in [0.25, 0.3) is 0 Å². The minimum Gasteiger partial charge on any atom is -0.497 e. The third kappa shape index (κ3) is 7.16. The summed E-state index contributed by atoms with van der Waals surface area (Å²) >= 11 is 11.7. The summed E-state index contributed by atoms with van der Waals surface area (Å²) in [5.41, 5.74) is 3.10. The number of rotatable bonds is 8. The average molecular weight is 410 g/mol. The lowest BCUT2D eigenvalue weighted by molar-refractivity contribution is -0.127. The maximum Gasteiger partial charge on any atom is 0.259 e. The van der Waals surface area contributed by atoms with Gasteiger partial charge in [0.1, 0.15) is 11.5 Å². The van der Waals surface area contributed by atoms with Crippen LogP contribution in [0, 0.1) is 0 Å². The molecule has 9 heteroatoms. The molecule has 0 saturated carbocycles. The molecule has 2 rings (SSSR count). The number of carbonyl (C=O) groups excluding carboxylic acids is 2. The van der Waals surface area contributed by atoms with E-state index < -0.39 is 11.8 Å². The van der Waals surface area contributed by atoms with Gasteiger partial charge in [-0.15, -0.1) is 0 Å². The van der Waals surface area contributed by atoms with Crippen LogP contribution in [0.1, 0.15) is 5.56 Å². The van der Waals surface area contributed by atoms with E-state index in [1.165, 1.54) is 12.3 Å². The van der Waals surface area contributed by atoms with Crippen molar-refractivity contribution >= 4 is 41.2 Å². The van der Waals surface area contributed by atoms with E-state index in [-0.39, 0.29) is 13.2 Å². The lowest BCUT2D eigenvalue weighted by Gasteiger charge is -2.08. The van der Waals surface area contributed by atoms with Crippen LogP contribution in [0.2, 0.25) is 10.0 Å². The molecule has 0 bridgehead atoms. The minimum atomic E-state index is -0.477. The zero-order valence-corrected chi connectivity index (χ0v) is 15.9. The molecule has 0 heterocycles. The third-order valence-electron chi connectivity index (χ3n) is 3.22. The Balaban J connectivity index is 1.69. The first-order valence-electron chi connectivity index (χ1n) is 7.78. The lowest BCUT2D eigenvalue weighted by atomic mass is 10.2. The molecule has 0 aliphatic rings. The normalized spacial score (nSPS) is 10.5. The molecule has 0 fully saturated rings. The van der Waals surface area contributed by atoms with E-state index in [9.17, 15) is 9.59 Å². The van der Waals surface area contributed by atoms with Gasteiger partial charge >= 0.3 is 0 Å². The summed E-state index contributed by atoms with van der Waals surface area (Å²) in [5.74, 6) is 0.0960. The number of hydrogen-bond acceptors (Lipinski definition) is 5. The molecular weight excluding hydrogens is 393 g/mol. The molecule has 142 valence electrons. The summed E-state index contributed by atoms with van der Waals surface area (Å²) in [6.45, 7) is -0.528. The van der Waals surface area contributed by atoms with Gasteiger partial charge in [0, 0.05) is 5.02 Å². The second-order valence-electron chi connectivity index (χ2n) is 5.21. The van der Waals surface area contributed by atoms with E-state index in [0.29, 0.717) is 15.8 Å². The van der Waals surface area contributed by atoms with Crippen molar-refractivity contribution in [2.24, 2.45) is 5.10 Å². The van der Waals surface area contributed by atoms with Crippen LogP contribution in [0.4, 0.5) is 0 Å². The highest BCUT2D eigenvalue weighted by atomic mass is 35.5. The van der Waals surface area contributed by atoms with E-state index >= 15 is 0 Å². The van der Waals surface area contributed by atoms with E-state index in [1.54, 1.807) is 43.5 Å². The summed E-state index contributed by atoms with van der Waals surface area (Å²) in [5, 5.41) is 6.98. The standard InChI is InChI=1S/C18H17Cl2N3O4/c1-26-14-5-2-12(3-6-14)9-22-23-17(24)10-21-18(25)11-27-16-7-4-13(19)8-15(16)20/h2-9H,10-11H2,1H3,(H,21,25)(H,23,24)/b22-9-. The van der Waals surface area contributed by atoms with E-state index in [0.717, 1.165) is 11.3 Å². The molecule has 7 nitrogen and oxygen atoms in total. The first kappa shape index (κ1) is 20.5. The van der Waals surface area contributed by atoms with Gasteiger partial charge in [0.15, 0.2) is 6.61 Å². The van der Waals surface area contributed by atoms with E-state index in [4.69, 9.17) is 32.7 Å². The first-order valence-corrected chi connectivity index (χ1v) is 8.54. The van der Waals surface area contributed by atoms with Crippen LogP contribution in [0.5, 0.6) is 11.5 Å². The van der Waals surface area contributed by atoms with Crippen LogP contribution in [0.3, 0.4) is 0 Å². The fourth-order valence-corrected chi connectivity index (χ4v) is 2.34. The van der Waals surface area contributed by atoms with Gasteiger partial charge in [0.05, 0.1) is 24.9 Å². The Morgan fingerprint density at radius 1 is 1.11 bits per heavy atom. The van der Waals surface area contributed by atoms with Crippen molar-refractivity contribution in [2.75, 3.05) is 20.3 Å². The Morgan fingerprint density at radius 2 is 1.85 bits per heavy atom. The summed E-state index contributed by atoms with van der Waals surface area (Å²) in [7, 11) is 1.58. The molecule has 0 aliphatic carbocycles. The second-order valence-corrected chi connectivity index (χ2v) is 6.05. The smallest absolute Gasteiger partial charge is 0.259 e. The van der Waals surface area contributed by atoms with Gasteiger partial charge in [0.25, 0.3) is 11.8 Å². The van der Waals surface area contributed by atoms with Crippen molar-refractivity contribution in [1.29, 1.82) is 0 Å². The SMILES string of the molecule is COc1ccc(/C=N\NC(=O)CNC(=O)COc2ccc(Cl)cc2Cl)cc1. The van der Waals surface area contributed by atoms with Gasteiger partial charge in [0.2, 0.25) is 0 Å². The van der Waals surface area contributed by atoms with E-state index in [2.05, 4.69) is 15.8 Å². The summed E-state index contributed by atoms with van der Waals surface area (Å²) < 4.78 is 10.3. The Kier molecular flexibility index (Phi) is 7.91. The first-order chi connectivity index (χ1) is 13.0. The molecule has 0 aromatic heterocycles. The molecule has 0 unspecified atom stereocenters. The molecule has 2 aromatic carbocycles. The van der Waals surface area contributed by atoms with Crippen LogP contribution >= 0.6 is 23.2 Å². The van der Waals surface area contributed by atoms with Gasteiger partial charge in [-0.25, -0.2) is 5.43 Å². The second kappa shape index (κ2) is 10.4. The van der Waals surface area contributed by atoms with Crippen LogP contribution in [-0.2, 0) is 9.59 Å². The predicted octanol–water partition coefficient (Wildman–Crippen LogP) is 2.65. The van der Waals surface area contributed by atoms with Crippen molar-refractivity contribution in [3.63, 3.8) is 0 Å². The molecule has 27 heavy (non-hydrogen) atoms. The lowest BCUT2D eigenvalue weighted by Crippen LogP contribution is -2.37. The number of methoxy groups -OCH3 is 1. The number of amides is 2. The van der Waals surface area contributed by atoms with Crippen molar-refractivity contribution in [1.82, 2.24) is 10.7 Å². The Labute approximate surface area is 166 Å². The van der Waals surface area contributed by atoms with Gasteiger partial charge < -0.3 is 14.8 Å². The summed E-state index contributed by atoms with van der Waals surface area (Å²) in [6, 6.07) is 11.8. The van der Waals surface area contributed by atoms with Gasteiger partial charge in [-0.1, -0.05) is 23.2 Å². The zero-order chi connectivity index (χ0) is 19.6. The monoisotopic (exact) mass is 409 g/mol. The Morgan fingerprint density at radius 3 is 2.52 bits per heavy atom. The highest BCUT2D eigenvalue weighted by Crippen LogP contribution is 2.27. The Hall–Kier alpha value is -2.77. The molecule has 2 aromatic rings. The summed E-state index contributed by atoms with van der Waals surface area (Å²) in [6.07, 6.45) is 1.48. The zero-order valence-electron chi connectivity index (χ0n) is 14.4. The molecular formula is C18H17Cl2N3O4. The van der Waals surface area contributed by atoms with Crippen molar-refractivity contribution in [3.8, 4) is 11.5 Å². The number of benzene rings is 2. The highest BCUT2D eigenvalue weighted by molar-refractivity contribution is 6.35. The Bertz CT molecular complexity index is 826. The third-order valence-corrected chi connectivity index (χ3v) is 3.75. The minimum absolute atomic E-state index is 0.240. The number of hydrazone groups is 1. The average Bonchev–Trinajstić information content (AvgIpc) is 2.66. The summed E-state index contributed by atoms with van der Waals surface area (Å²) in [4.78, 5) is 23.4. The maximum absolute atomic E-state index is 11.7. The molecule has 0 atom stereocenters. The number of carbonyl (C=O) groups is 2. The predicted molar refractivity (Wildman–Crippen MR) is 104 cm³/mol. The topological polar surface area (TPSA) is 89.0 Å². The fraction of sp³-hybridized carbons (Fsp3) is 0.167. The maximum atomic E-state index is 11.7.